The second-order valence-corrected chi connectivity index (χ2v) is 8.81. The fourth-order valence-corrected chi connectivity index (χ4v) is 3.76. The standard InChI is InChI=1S/C32H24N4O7/c33-29(35-42-31(37)39-25-7-3-1-4-8-25)23-15-11-21(12-16-23)27-19-20-28(41-27)22-13-17-24(18-14-22)30(34)36-43-32(38)40-26-9-5-2-6-10-26/h1-20H,(H2,33,35)(H2,34,36). The van der Waals surface area contributed by atoms with Crippen molar-refractivity contribution in [2.75, 3.05) is 0 Å². The van der Waals surface area contributed by atoms with Gasteiger partial charge < -0.3 is 23.6 Å². The highest BCUT2D eigenvalue weighted by Crippen LogP contribution is 2.29. The van der Waals surface area contributed by atoms with Crippen LogP contribution in [-0.2, 0) is 9.68 Å². The average molecular weight is 577 g/mol. The van der Waals surface area contributed by atoms with Crippen molar-refractivity contribution < 1.29 is 33.2 Å². The van der Waals surface area contributed by atoms with Crippen molar-refractivity contribution in [3.8, 4) is 34.1 Å². The second-order valence-electron chi connectivity index (χ2n) is 8.81. The Balaban J connectivity index is 1.12. The summed E-state index contributed by atoms with van der Waals surface area (Å²) in [6.45, 7) is 0. The molecule has 1 aromatic heterocycles. The molecule has 0 amide bonds. The normalized spacial score (nSPS) is 10.2. The molecule has 0 spiro atoms. The van der Waals surface area contributed by atoms with Gasteiger partial charge in [-0.15, -0.1) is 0 Å². The van der Waals surface area contributed by atoms with Crippen molar-refractivity contribution in [1.82, 2.24) is 11.0 Å². The molecule has 4 N–H and O–H groups in total. The minimum Gasteiger partial charge on any atom is -0.456 e. The SMILES string of the molecule is N=C(NOC(=O)Oc1ccccc1)c1ccc(-c2ccc(-c3ccc(C(=N)NOC(=O)Oc4ccccc4)cc3)o2)cc1. The van der Waals surface area contributed by atoms with Crippen molar-refractivity contribution in [1.29, 1.82) is 10.8 Å². The van der Waals surface area contributed by atoms with Crippen molar-refractivity contribution in [3.05, 3.63) is 132 Å². The smallest absolute Gasteiger partial charge is 0.456 e. The van der Waals surface area contributed by atoms with E-state index in [9.17, 15) is 9.59 Å². The van der Waals surface area contributed by atoms with Gasteiger partial charge in [0, 0.05) is 22.3 Å². The molecule has 11 nitrogen and oxygen atoms in total. The molecule has 11 heteroatoms. The highest BCUT2D eigenvalue weighted by atomic mass is 16.8. The second kappa shape index (κ2) is 13.3. The van der Waals surface area contributed by atoms with E-state index in [1.807, 2.05) is 12.1 Å². The third-order valence-electron chi connectivity index (χ3n) is 5.88. The lowest BCUT2D eigenvalue weighted by molar-refractivity contribution is 0.0747. The monoisotopic (exact) mass is 576 g/mol. The number of furan rings is 1. The van der Waals surface area contributed by atoms with Crippen LogP contribution in [0.1, 0.15) is 11.1 Å². The maximum absolute atomic E-state index is 11.8. The molecule has 0 aliphatic carbocycles. The van der Waals surface area contributed by atoms with E-state index in [2.05, 4.69) is 11.0 Å². The zero-order valence-electron chi connectivity index (χ0n) is 22.4. The number of carbonyl (C=O) groups is 2. The van der Waals surface area contributed by atoms with Gasteiger partial charge in [-0.05, 0) is 36.4 Å². The van der Waals surface area contributed by atoms with Crippen molar-refractivity contribution in [2.45, 2.75) is 0 Å². The van der Waals surface area contributed by atoms with Gasteiger partial charge >= 0.3 is 12.3 Å². The topological polar surface area (TPSA) is 156 Å². The van der Waals surface area contributed by atoms with Gasteiger partial charge in [0.15, 0.2) is 11.7 Å². The Bertz CT molecular complexity index is 1590. The van der Waals surface area contributed by atoms with E-state index in [0.717, 1.165) is 11.1 Å². The Labute approximate surface area is 245 Å². The molecule has 0 fully saturated rings. The molecule has 43 heavy (non-hydrogen) atoms. The summed E-state index contributed by atoms with van der Waals surface area (Å²) >= 11 is 0. The Hall–Kier alpha value is -6.36. The molecule has 0 atom stereocenters. The molecule has 0 aliphatic rings. The van der Waals surface area contributed by atoms with Crippen LogP contribution in [0, 0.1) is 10.8 Å². The summed E-state index contributed by atoms with van der Waals surface area (Å²) in [4.78, 5) is 33.2. The molecule has 0 radical (unpaired) electrons. The van der Waals surface area contributed by atoms with Gasteiger partial charge in [0.2, 0.25) is 0 Å². The highest BCUT2D eigenvalue weighted by molar-refractivity contribution is 5.97. The minimum atomic E-state index is -0.992. The first kappa shape index (κ1) is 28.2. The molecule has 0 bridgehead atoms. The van der Waals surface area contributed by atoms with E-state index in [-0.39, 0.29) is 11.7 Å². The van der Waals surface area contributed by atoms with Crippen LogP contribution in [-0.4, -0.2) is 24.0 Å². The molecule has 4 aromatic carbocycles. The van der Waals surface area contributed by atoms with Gasteiger partial charge in [0.1, 0.15) is 23.0 Å². The summed E-state index contributed by atoms with van der Waals surface area (Å²) in [5, 5.41) is 16.2. The number of carbonyl (C=O) groups excluding carboxylic acids is 2. The van der Waals surface area contributed by atoms with E-state index >= 15 is 0 Å². The summed E-state index contributed by atoms with van der Waals surface area (Å²) in [7, 11) is 0. The zero-order valence-corrected chi connectivity index (χ0v) is 22.4. The van der Waals surface area contributed by atoms with Crippen LogP contribution >= 0.6 is 0 Å². The fraction of sp³-hybridized carbons (Fsp3) is 0. The molecule has 0 saturated carbocycles. The molecule has 1 heterocycles. The summed E-state index contributed by atoms with van der Waals surface area (Å²) < 4.78 is 16.0. The molecule has 5 rings (SSSR count). The number of nitrogens with one attached hydrogen (secondary N) is 4. The third-order valence-corrected chi connectivity index (χ3v) is 5.88. The number of hydrogen-bond donors (Lipinski definition) is 4. The van der Waals surface area contributed by atoms with E-state index in [4.69, 9.17) is 34.4 Å². The summed E-state index contributed by atoms with van der Waals surface area (Å²) in [6, 6.07) is 34.3. The lowest BCUT2D eigenvalue weighted by atomic mass is 10.1. The fourth-order valence-electron chi connectivity index (χ4n) is 3.76. The van der Waals surface area contributed by atoms with E-state index < -0.39 is 12.3 Å². The van der Waals surface area contributed by atoms with Gasteiger partial charge in [-0.25, -0.2) is 9.59 Å². The lowest BCUT2D eigenvalue weighted by Gasteiger charge is -2.09. The zero-order chi connectivity index (χ0) is 30.0. The van der Waals surface area contributed by atoms with Crippen LogP contribution in [0.25, 0.3) is 22.6 Å². The van der Waals surface area contributed by atoms with Crippen molar-refractivity contribution >= 4 is 24.0 Å². The molecular formula is C32H24N4O7. The highest BCUT2D eigenvalue weighted by Gasteiger charge is 2.12. The van der Waals surface area contributed by atoms with Gasteiger partial charge in [0.05, 0.1) is 0 Å². The van der Waals surface area contributed by atoms with Crippen LogP contribution in [0.2, 0.25) is 0 Å². The minimum absolute atomic E-state index is 0.129. The van der Waals surface area contributed by atoms with Crippen LogP contribution in [0.15, 0.2) is 126 Å². The van der Waals surface area contributed by atoms with Crippen LogP contribution in [0.5, 0.6) is 11.5 Å². The lowest BCUT2D eigenvalue weighted by Crippen LogP contribution is -2.28. The van der Waals surface area contributed by atoms with Gasteiger partial charge in [-0.3, -0.25) is 10.8 Å². The molecular weight excluding hydrogens is 552 g/mol. The number of benzene rings is 4. The van der Waals surface area contributed by atoms with Gasteiger partial charge in [-0.1, -0.05) is 84.9 Å². The van der Waals surface area contributed by atoms with Crippen LogP contribution < -0.4 is 20.4 Å². The van der Waals surface area contributed by atoms with Crippen LogP contribution in [0.4, 0.5) is 9.59 Å². The van der Waals surface area contributed by atoms with Crippen molar-refractivity contribution in [2.24, 2.45) is 0 Å². The molecule has 0 aliphatic heterocycles. The number of para-hydroxylation sites is 2. The third kappa shape index (κ3) is 7.64. The predicted molar refractivity (Wildman–Crippen MR) is 157 cm³/mol. The molecule has 0 saturated heterocycles. The Morgan fingerprint density at radius 2 is 0.884 bits per heavy atom. The maximum atomic E-state index is 11.8. The molecule has 214 valence electrons. The van der Waals surface area contributed by atoms with E-state index in [1.54, 1.807) is 109 Å². The Morgan fingerprint density at radius 1 is 0.512 bits per heavy atom. The quantitative estimate of drug-likeness (QED) is 0.0567. The number of hydrogen-bond acceptors (Lipinski definition) is 9. The number of rotatable bonds is 6. The molecule has 5 aromatic rings. The maximum Gasteiger partial charge on any atom is 0.538 e. The van der Waals surface area contributed by atoms with Gasteiger partial charge in [-0.2, -0.15) is 11.0 Å². The van der Waals surface area contributed by atoms with E-state index in [0.29, 0.717) is 34.1 Å². The first-order chi connectivity index (χ1) is 20.9. The first-order valence-electron chi connectivity index (χ1n) is 12.8. The predicted octanol–water partition coefficient (Wildman–Crippen LogP) is 6.70. The first-order valence-corrected chi connectivity index (χ1v) is 12.8. The molecule has 0 unspecified atom stereocenters. The van der Waals surface area contributed by atoms with E-state index in [1.165, 1.54) is 0 Å². The largest absolute Gasteiger partial charge is 0.538 e. The number of hydroxylamine groups is 2. The van der Waals surface area contributed by atoms with Crippen LogP contribution in [0.3, 0.4) is 0 Å². The number of ether oxygens (including phenoxy) is 2. The Morgan fingerprint density at radius 3 is 1.26 bits per heavy atom. The summed E-state index contributed by atoms with van der Waals surface area (Å²) in [5.74, 6) is 1.59. The van der Waals surface area contributed by atoms with Crippen molar-refractivity contribution in [3.63, 3.8) is 0 Å². The number of amidine groups is 2. The summed E-state index contributed by atoms with van der Waals surface area (Å²) in [6.07, 6.45) is -1.98. The summed E-state index contributed by atoms with van der Waals surface area (Å²) in [5.41, 5.74) is 7.05. The Kier molecular flexibility index (Phi) is 8.74. The van der Waals surface area contributed by atoms with Gasteiger partial charge in [0.25, 0.3) is 0 Å². The average Bonchev–Trinajstić information content (AvgIpc) is 3.54.